The lowest BCUT2D eigenvalue weighted by molar-refractivity contribution is 0.528. The summed E-state index contributed by atoms with van der Waals surface area (Å²) in [4.78, 5) is 4.22. The minimum absolute atomic E-state index is 0.0253. The average Bonchev–Trinajstić information content (AvgIpc) is 2.85. The smallest absolute Gasteiger partial charge is 0.0944 e. The first-order chi connectivity index (χ1) is 7.29. The maximum absolute atomic E-state index is 5.51. The standard InChI is InChI=1S/C9H13N5S/c1-14-4-2-7(13-14)8(12-10)6-9-11-3-5-15-9/h2-5,8,12H,6,10H2,1H3. The molecule has 0 aromatic carbocycles. The molecule has 2 aromatic rings. The van der Waals surface area contributed by atoms with Gasteiger partial charge in [-0.25, -0.2) is 4.98 Å². The van der Waals surface area contributed by atoms with Gasteiger partial charge in [0.05, 0.1) is 16.7 Å². The largest absolute Gasteiger partial charge is 0.275 e. The Balaban J connectivity index is 2.11. The molecule has 2 heterocycles. The van der Waals surface area contributed by atoms with Crippen molar-refractivity contribution >= 4 is 11.3 Å². The number of aryl methyl sites for hydroxylation is 1. The van der Waals surface area contributed by atoms with E-state index >= 15 is 0 Å². The van der Waals surface area contributed by atoms with E-state index in [1.54, 1.807) is 22.2 Å². The normalized spacial score (nSPS) is 12.9. The van der Waals surface area contributed by atoms with Crippen molar-refractivity contribution in [1.29, 1.82) is 0 Å². The molecule has 0 saturated carbocycles. The molecule has 5 nitrogen and oxygen atoms in total. The maximum Gasteiger partial charge on any atom is 0.0944 e. The summed E-state index contributed by atoms with van der Waals surface area (Å²) in [7, 11) is 1.89. The highest BCUT2D eigenvalue weighted by Crippen LogP contribution is 2.16. The van der Waals surface area contributed by atoms with Crippen molar-refractivity contribution in [2.75, 3.05) is 0 Å². The van der Waals surface area contributed by atoms with Crippen LogP contribution in [0.1, 0.15) is 16.7 Å². The summed E-state index contributed by atoms with van der Waals surface area (Å²) in [6.07, 6.45) is 4.47. The molecule has 0 radical (unpaired) electrons. The molecular weight excluding hydrogens is 210 g/mol. The molecule has 1 unspecified atom stereocenters. The number of nitrogens with one attached hydrogen (secondary N) is 1. The topological polar surface area (TPSA) is 68.8 Å². The van der Waals surface area contributed by atoms with E-state index in [9.17, 15) is 0 Å². The fraction of sp³-hybridized carbons (Fsp3) is 0.333. The fourth-order valence-corrected chi connectivity index (χ4v) is 2.06. The van der Waals surface area contributed by atoms with Crippen LogP contribution in [0.15, 0.2) is 23.8 Å². The zero-order valence-corrected chi connectivity index (χ0v) is 9.24. The lowest BCUT2D eigenvalue weighted by Gasteiger charge is -2.11. The summed E-state index contributed by atoms with van der Waals surface area (Å²) in [6, 6.07) is 1.98. The Morgan fingerprint density at radius 1 is 1.67 bits per heavy atom. The third kappa shape index (κ3) is 2.41. The number of hydrogen-bond donors (Lipinski definition) is 2. The molecule has 0 aliphatic carbocycles. The maximum atomic E-state index is 5.51. The second kappa shape index (κ2) is 4.52. The van der Waals surface area contributed by atoms with Gasteiger partial charge in [-0.15, -0.1) is 11.3 Å². The molecule has 0 saturated heterocycles. The van der Waals surface area contributed by atoms with E-state index < -0.39 is 0 Å². The summed E-state index contributed by atoms with van der Waals surface area (Å²) in [5.74, 6) is 5.51. The molecule has 6 heteroatoms. The van der Waals surface area contributed by atoms with Gasteiger partial charge in [0.15, 0.2) is 0 Å². The monoisotopic (exact) mass is 223 g/mol. The van der Waals surface area contributed by atoms with Gasteiger partial charge in [0, 0.05) is 31.2 Å². The highest BCUT2D eigenvalue weighted by atomic mass is 32.1. The van der Waals surface area contributed by atoms with Crippen LogP contribution in [0.25, 0.3) is 0 Å². The Morgan fingerprint density at radius 3 is 3.07 bits per heavy atom. The van der Waals surface area contributed by atoms with Crippen molar-refractivity contribution < 1.29 is 0 Å². The van der Waals surface area contributed by atoms with E-state index in [4.69, 9.17) is 5.84 Å². The Hall–Kier alpha value is -1.24. The van der Waals surface area contributed by atoms with Gasteiger partial charge in [-0.2, -0.15) is 5.10 Å². The molecule has 0 aliphatic heterocycles. The Morgan fingerprint density at radius 2 is 2.53 bits per heavy atom. The molecule has 80 valence electrons. The predicted octanol–water partition coefficient (Wildman–Crippen LogP) is 0.624. The van der Waals surface area contributed by atoms with Crippen molar-refractivity contribution in [3.8, 4) is 0 Å². The van der Waals surface area contributed by atoms with Gasteiger partial charge in [-0.1, -0.05) is 0 Å². The fourth-order valence-electron chi connectivity index (χ4n) is 1.40. The van der Waals surface area contributed by atoms with Crippen LogP contribution in [0.5, 0.6) is 0 Å². The van der Waals surface area contributed by atoms with Gasteiger partial charge in [0.25, 0.3) is 0 Å². The lowest BCUT2D eigenvalue weighted by Crippen LogP contribution is -2.30. The first-order valence-corrected chi connectivity index (χ1v) is 5.51. The minimum Gasteiger partial charge on any atom is -0.275 e. The summed E-state index contributed by atoms with van der Waals surface area (Å²) in [5, 5.41) is 7.33. The molecule has 15 heavy (non-hydrogen) atoms. The quantitative estimate of drug-likeness (QED) is 0.589. The van der Waals surface area contributed by atoms with Crippen LogP contribution >= 0.6 is 11.3 Å². The number of nitrogens with two attached hydrogens (primary N) is 1. The van der Waals surface area contributed by atoms with E-state index in [1.807, 2.05) is 24.7 Å². The van der Waals surface area contributed by atoms with Gasteiger partial charge < -0.3 is 0 Å². The van der Waals surface area contributed by atoms with Gasteiger partial charge in [0.1, 0.15) is 0 Å². The van der Waals surface area contributed by atoms with Crippen molar-refractivity contribution in [2.45, 2.75) is 12.5 Å². The molecule has 2 rings (SSSR count). The van der Waals surface area contributed by atoms with Crippen molar-refractivity contribution in [3.05, 3.63) is 34.5 Å². The number of nitrogens with zero attached hydrogens (tertiary/aromatic N) is 3. The predicted molar refractivity (Wildman–Crippen MR) is 59.1 cm³/mol. The summed E-state index contributed by atoms with van der Waals surface area (Å²) in [5.41, 5.74) is 3.70. The second-order valence-electron chi connectivity index (χ2n) is 3.26. The summed E-state index contributed by atoms with van der Waals surface area (Å²) >= 11 is 1.63. The Labute approximate surface area is 91.9 Å². The van der Waals surface area contributed by atoms with Crippen molar-refractivity contribution in [1.82, 2.24) is 20.2 Å². The van der Waals surface area contributed by atoms with Crippen LogP contribution in [0, 0.1) is 0 Å². The van der Waals surface area contributed by atoms with Crippen LogP contribution in [-0.2, 0) is 13.5 Å². The molecular formula is C9H13N5S. The van der Waals surface area contributed by atoms with E-state index in [2.05, 4.69) is 15.5 Å². The number of aromatic nitrogens is 3. The third-order valence-corrected chi connectivity index (χ3v) is 2.96. The average molecular weight is 223 g/mol. The molecule has 3 N–H and O–H groups in total. The van der Waals surface area contributed by atoms with Crippen LogP contribution in [-0.4, -0.2) is 14.8 Å². The van der Waals surface area contributed by atoms with Crippen LogP contribution in [0.3, 0.4) is 0 Å². The lowest BCUT2D eigenvalue weighted by atomic mass is 10.1. The van der Waals surface area contributed by atoms with E-state index in [-0.39, 0.29) is 6.04 Å². The highest BCUT2D eigenvalue weighted by molar-refractivity contribution is 7.09. The van der Waals surface area contributed by atoms with Crippen LogP contribution < -0.4 is 11.3 Å². The van der Waals surface area contributed by atoms with Gasteiger partial charge in [0.2, 0.25) is 0 Å². The first-order valence-electron chi connectivity index (χ1n) is 4.63. The molecule has 1 atom stereocenters. The van der Waals surface area contributed by atoms with Crippen molar-refractivity contribution in [2.24, 2.45) is 12.9 Å². The number of thiazole rings is 1. The number of rotatable bonds is 4. The van der Waals surface area contributed by atoms with E-state index in [0.29, 0.717) is 0 Å². The molecule has 0 fully saturated rings. The molecule has 0 spiro atoms. The molecule has 0 bridgehead atoms. The SMILES string of the molecule is Cn1ccc(C(Cc2nccs2)NN)n1. The number of hydrazine groups is 1. The summed E-state index contributed by atoms with van der Waals surface area (Å²) < 4.78 is 1.77. The Kier molecular flexibility index (Phi) is 3.10. The molecule has 0 aliphatic rings. The summed E-state index contributed by atoms with van der Waals surface area (Å²) in [6.45, 7) is 0. The van der Waals surface area contributed by atoms with Crippen LogP contribution in [0.4, 0.5) is 0 Å². The molecule has 0 amide bonds. The number of hydrogen-bond acceptors (Lipinski definition) is 5. The van der Waals surface area contributed by atoms with Gasteiger partial charge >= 0.3 is 0 Å². The zero-order chi connectivity index (χ0) is 10.7. The molecule has 2 aromatic heterocycles. The van der Waals surface area contributed by atoms with Gasteiger partial charge in [-0.05, 0) is 6.07 Å². The van der Waals surface area contributed by atoms with E-state index in [1.165, 1.54) is 0 Å². The van der Waals surface area contributed by atoms with E-state index in [0.717, 1.165) is 17.1 Å². The zero-order valence-electron chi connectivity index (χ0n) is 8.42. The van der Waals surface area contributed by atoms with Crippen LogP contribution in [0.2, 0.25) is 0 Å². The third-order valence-electron chi connectivity index (χ3n) is 2.15. The first kappa shape index (κ1) is 10.3. The highest BCUT2D eigenvalue weighted by Gasteiger charge is 2.14. The minimum atomic E-state index is 0.0253. The van der Waals surface area contributed by atoms with Gasteiger partial charge in [-0.3, -0.25) is 16.0 Å². The Bertz CT molecular complexity index is 408. The second-order valence-corrected chi connectivity index (χ2v) is 4.24. The van der Waals surface area contributed by atoms with Crippen molar-refractivity contribution in [3.63, 3.8) is 0 Å².